The lowest BCUT2D eigenvalue weighted by Crippen LogP contribution is -2.39. The summed E-state index contributed by atoms with van der Waals surface area (Å²) in [6.07, 6.45) is 15.4. The number of halogens is 3. The summed E-state index contributed by atoms with van der Waals surface area (Å²) >= 11 is 0. The van der Waals surface area contributed by atoms with Gasteiger partial charge in [-0.1, -0.05) is 12.0 Å². The number of aromatic nitrogens is 4. The van der Waals surface area contributed by atoms with Crippen molar-refractivity contribution in [3.63, 3.8) is 0 Å². The number of aryl methyl sites for hydroxylation is 1. The maximum Gasteiger partial charge on any atom is 0.317 e. The smallest absolute Gasteiger partial charge is 0.317 e. The third-order valence-corrected chi connectivity index (χ3v) is 9.96. The Hall–Kier alpha value is -5.83. The molecule has 0 saturated carbocycles. The molecule has 1 unspecified atom stereocenters. The normalized spacial score (nSPS) is 15.5. The lowest BCUT2D eigenvalue weighted by atomic mass is 9.93. The van der Waals surface area contributed by atoms with E-state index in [9.17, 15) is 50.2 Å². The van der Waals surface area contributed by atoms with Gasteiger partial charge in [-0.25, -0.2) is 27.6 Å². The van der Waals surface area contributed by atoms with E-state index in [2.05, 4.69) is 39.8 Å². The number of carboxylic acid groups (broad SMARTS) is 1. The molecule has 19 nitrogen and oxygen atoms in total. The number of hydrogen-bond donors (Lipinski definition) is 4. The van der Waals surface area contributed by atoms with Crippen LogP contribution in [0.25, 0.3) is 5.78 Å². The third-order valence-electron chi connectivity index (χ3n) is 8.21. The summed E-state index contributed by atoms with van der Waals surface area (Å²) in [5.74, 6) is -2.78. The number of sulfonamides is 1. The molecule has 332 valence electrons. The molecule has 0 spiro atoms. The number of rotatable bonds is 9. The van der Waals surface area contributed by atoms with Crippen LogP contribution in [0.4, 0.5) is 30.2 Å². The Morgan fingerprint density at radius 2 is 1.61 bits per heavy atom. The number of hydrogen-bond acceptors (Lipinski definition) is 13. The number of carbonyl (C=O) groups is 4. The second-order valence-corrected chi connectivity index (χ2v) is 19.2. The highest BCUT2D eigenvalue weighted by atomic mass is 32.2. The molecule has 2 aromatic carbocycles. The van der Waals surface area contributed by atoms with Crippen molar-refractivity contribution in [1.29, 1.82) is 0 Å². The molecule has 0 saturated heterocycles. The van der Waals surface area contributed by atoms with Crippen LogP contribution in [0.15, 0.2) is 58.9 Å². The molecule has 7 rings (SSSR count). The number of aliphatic carboxylic acids is 1. The second kappa shape index (κ2) is 20.8. The zero-order valence-corrected chi connectivity index (χ0v) is 36.0. The van der Waals surface area contributed by atoms with Crippen molar-refractivity contribution in [3.8, 4) is 18.1 Å². The van der Waals surface area contributed by atoms with Gasteiger partial charge in [-0.3, -0.25) is 34.1 Å². The summed E-state index contributed by atoms with van der Waals surface area (Å²) in [4.78, 5) is 75.1. The van der Waals surface area contributed by atoms with Crippen molar-refractivity contribution in [2.24, 2.45) is 0 Å². The monoisotopic (exact) mass is 924 g/mol. The van der Waals surface area contributed by atoms with Gasteiger partial charge in [0.05, 0.1) is 49.5 Å². The number of imide groups is 1. The van der Waals surface area contributed by atoms with Crippen molar-refractivity contribution >= 4 is 75.0 Å². The highest BCUT2D eigenvalue weighted by Crippen LogP contribution is 2.41. The molecule has 0 fully saturated rings. The van der Waals surface area contributed by atoms with Crippen molar-refractivity contribution in [2.75, 3.05) is 59.3 Å². The molecule has 2 aliphatic heterocycles. The zero-order valence-electron chi connectivity index (χ0n) is 33.4. The average Bonchev–Trinajstić information content (AvgIpc) is 3.72. The van der Waals surface area contributed by atoms with Gasteiger partial charge >= 0.3 is 5.97 Å². The fourth-order valence-electron chi connectivity index (χ4n) is 5.64. The molecular weight excluding hydrogens is 885 g/mol. The Kier molecular flexibility index (Phi) is 16.4. The highest BCUT2D eigenvalue weighted by Gasteiger charge is 2.42. The van der Waals surface area contributed by atoms with E-state index in [0.29, 0.717) is 40.6 Å². The van der Waals surface area contributed by atoms with E-state index in [1.807, 2.05) is 5.32 Å². The number of para-hydroxylation sites is 1. The van der Waals surface area contributed by atoms with Gasteiger partial charge in [-0.05, 0) is 67.8 Å². The third kappa shape index (κ3) is 12.6. The molecule has 0 radical (unpaired) electrons. The SMILES string of the molecule is C#CCN1C(=O)COc2cc(F)c(N3C(=O)C4=C(CCCC4)C3=O)cc21.C[S+](C)C.Cc1ccn2nc(S(=O)(=O)Nc3c(F)cccc3F)nc2n1.O=C(O)CNCP(=O)([O-])O. The highest BCUT2D eigenvalue weighted by molar-refractivity contribution is 7.94. The second-order valence-electron chi connectivity index (χ2n) is 13.6. The standard InChI is InChI=1S/C19H15FN2O4.C12H9F2N5O2S.C3H8NO5P.C3H9S/c1-2-7-21-15-9-14(13(20)8-16(15)26-10-17(21)23)22-18(24)11-5-3-4-6-12(11)19(22)25;1-7-5-6-19-11(15-7)16-12(17-19)22(20,21)18-10-8(13)3-2-4-9(10)14;5-3(6)1-4-2-10(7,8)9;1-4(2)3/h1,8-9H,3-7,10H2;2-6,18H,1H3;4H,1-2H2,(H,5,6)(H2,7,8,9);1-3H3/q;;;+1/p-1. The van der Waals surface area contributed by atoms with Crippen LogP contribution in [-0.2, 0) is 44.7 Å². The number of nitrogens with zero attached hydrogens (tertiary/aromatic N) is 6. The maximum absolute atomic E-state index is 14.7. The van der Waals surface area contributed by atoms with E-state index in [-0.39, 0.29) is 42.0 Å². The summed E-state index contributed by atoms with van der Waals surface area (Å²) in [5.41, 5.74) is 0.828. The molecule has 3 amide bonds. The first-order valence-electron chi connectivity index (χ1n) is 18.0. The van der Waals surface area contributed by atoms with E-state index in [0.717, 1.165) is 46.5 Å². The summed E-state index contributed by atoms with van der Waals surface area (Å²) < 4.78 is 84.2. The van der Waals surface area contributed by atoms with Gasteiger partial charge < -0.3 is 24.2 Å². The van der Waals surface area contributed by atoms with Crippen LogP contribution < -0.4 is 29.5 Å². The van der Waals surface area contributed by atoms with Crippen LogP contribution in [-0.4, -0.2) is 106 Å². The molecule has 3 aliphatic rings. The van der Waals surface area contributed by atoms with Crippen molar-refractivity contribution in [1.82, 2.24) is 24.9 Å². The largest absolute Gasteiger partial charge is 0.778 e. The fourth-order valence-corrected chi connectivity index (χ4v) is 6.99. The first-order chi connectivity index (χ1) is 29.0. The van der Waals surface area contributed by atoms with Crippen LogP contribution in [0, 0.1) is 36.7 Å². The molecule has 4 aromatic rings. The Labute approximate surface area is 355 Å². The predicted octanol–water partition coefficient (Wildman–Crippen LogP) is 2.10. The van der Waals surface area contributed by atoms with E-state index >= 15 is 0 Å². The van der Waals surface area contributed by atoms with Gasteiger partial charge in [-0.2, -0.15) is 13.4 Å². The van der Waals surface area contributed by atoms with Gasteiger partial charge in [-0.15, -0.1) is 11.5 Å². The minimum Gasteiger partial charge on any atom is -0.778 e. The molecule has 1 aliphatic carbocycles. The lowest BCUT2D eigenvalue weighted by Gasteiger charge is -2.29. The minimum absolute atomic E-state index is 0.0170. The summed E-state index contributed by atoms with van der Waals surface area (Å²) in [7, 11) is -8.05. The topological polar surface area (TPSA) is 266 Å². The first-order valence-corrected chi connectivity index (χ1v) is 23.7. The number of carbonyl (C=O) groups excluding carboxylic acids is 3. The van der Waals surface area contributed by atoms with Crippen LogP contribution >= 0.6 is 7.60 Å². The number of fused-ring (bicyclic) bond motifs is 2. The van der Waals surface area contributed by atoms with Gasteiger partial charge in [0.1, 0.15) is 30.7 Å². The van der Waals surface area contributed by atoms with Crippen molar-refractivity contribution in [2.45, 2.75) is 37.8 Å². The van der Waals surface area contributed by atoms with Crippen LogP contribution in [0.2, 0.25) is 0 Å². The molecule has 4 heterocycles. The van der Waals surface area contributed by atoms with Gasteiger partial charge in [0.2, 0.25) is 0 Å². The molecular formula is C37H40F3N8O11PS2. The number of carboxylic acids is 1. The van der Waals surface area contributed by atoms with Crippen LogP contribution in [0.3, 0.4) is 0 Å². The van der Waals surface area contributed by atoms with Gasteiger partial charge in [0.25, 0.3) is 38.7 Å². The number of amides is 3. The summed E-state index contributed by atoms with van der Waals surface area (Å²) in [6.45, 7) is 0.963. The summed E-state index contributed by atoms with van der Waals surface area (Å²) in [5, 5.41) is 13.1. The number of nitrogens with one attached hydrogen (secondary N) is 2. The lowest BCUT2D eigenvalue weighted by molar-refractivity contribution is -0.193. The van der Waals surface area contributed by atoms with Crippen molar-refractivity contribution in [3.05, 3.63) is 76.9 Å². The Bertz CT molecular complexity index is 2570. The van der Waals surface area contributed by atoms with Crippen LogP contribution in [0.1, 0.15) is 31.4 Å². The molecule has 0 bridgehead atoms. The Balaban J connectivity index is 0.000000212. The number of terminal acetylenes is 1. The molecule has 4 N–H and O–H groups in total. The maximum atomic E-state index is 14.7. The number of ether oxygens (including phenoxy) is 1. The van der Waals surface area contributed by atoms with Crippen LogP contribution in [0.5, 0.6) is 5.75 Å². The molecule has 2 aromatic heterocycles. The van der Waals surface area contributed by atoms with E-state index in [1.165, 1.54) is 17.2 Å². The Morgan fingerprint density at radius 3 is 2.16 bits per heavy atom. The average molecular weight is 925 g/mol. The fraction of sp³-hybridized carbons (Fsp3) is 0.324. The van der Waals surface area contributed by atoms with E-state index in [1.54, 1.807) is 17.7 Å². The zero-order chi connectivity index (χ0) is 46.1. The van der Waals surface area contributed by atoms with E-state index in [4.69, 9.17) is 21.2 Å². The molecule has 25 heteroatoms. The molecule has 1 atom stereocenters. The number of anilines is 3. The predicted molar refractivity (Wildman–Crippen MR) is 219 cm³/mol. The van der Waals surface area contributed by atoms with Gasteiger partial charge in [0.15, 0.2) is 12.4 Å². The first kappa shape index (κ1) is 48.8. The summed E-state index contributed by atoms with van der Waals surface area (Å²) in [6, 6.07) is 6.97. The number of benzene rings is 2. The van der Waals surface area contributed by atoms with Gasteiger partial charge in [0, 0.05) is 29.1 Å². The molecule has 62 heavy (non-hydrogen) atoms. The quantitative estimate of drug-likeness (QED) is 0.0811. The minimum atomic E-state index is -4.35. The van der Waals surface area contributed by atoms with E-state index < -0.39 is 76.5 Å². The Morgan fingerprint density at radius 1 is 1.02 bits per heavy atom. The van der Waals surface area contributed by atoms with Crippen molar-refractivity contribution < 1.29 is 65.0 Å².